The van der Waals surface area contributed by atoms with Gasteiger partial charge in [0.05, 0.1) is 23.7 Å². The summed E-state index contributed by atoms with van der Waals surface area (Å²) in [4.78, 5) is 11.8. The highest BCUT2D eigenvalue weighted by atomic mass is 19.4. The zero-order valence-electron chi connectivity index (χ0n) is 21.5. The summed E-state index contributed by atoms with van der Waals surface area (Å²) in [5, 5.41) is 8.25. The number of carbonyl (C=O) groups excluding carboxylic acids is 1. The number of benzene rings is 4. The van der Waals surface area contributed by atoms with Crippen LogP contribution >= 0.6 is 0 Å². The molecule has 1 saturated carbocycles. The number of ether oxygens (including phenoxy) is 1. The van der Waals surface area contributed by atoms with Crippen molar-refractivity contribution in [1.82, 2.24) is 9.78 Å². The van der Waals surface area contributed by atoms with Crippen LogP contribution in [0.25, 0.3) is 22.2 Å². The first-order chi connectivity index (χ1) is 19.3. The van der Waals surface area contributed by atoms with Gasteiger partial charge in [0.15, 0.2) is 0 Å². The van der Waals surface area contributed by atoms with Gasteiger partial charge in [-0.25, -0.2) is 0 Å². The Morgan fingerprint density at radius 1 is 0.875 bits per heavy atom. The molecule has 1 fully saturated rings. The van der Waals surface area contributed by atoms with Crippen LogP contribution in [0.5, 0.6) is 5.75 Å². The molecule has 0 saturated heterocycles. The third-order valence-electron chi connectivity index (χ3n) is 6.96. The molecular weight excluding hydrogens is 515 g/mol. The Kier molecular flexibility index (Phi) is 6.76. The second-order valence-corrected chi connectivity index (χ2v) is 9.96. The Morgan fingerprint density at radius 2 is 1.60 bits per heavy atom. The first kappa shape index (κ1) is 25.7. The predicted molar refractivity (Wildman–Crippen MR) is 148 cm³/mol. The predicted octanol–water partition coefficient (Wildman–Crippen LogP) is 7.70. The van der Waals surface area contributed by atoms with E-state index in [0.29, 0.717) is 29.9 Å². The number of alkyl halides is 3. The smallest absolute Gasteiger partial charge is 0.418 e. The van der Waals surface area contributed by atoms with Gasteiger partial charge in [-0.3, -0.25) is 9.48 Å². The minimum absolute atomic E-state index is 0.0472. The lowest BCUT2D eigenvalue weighted by Crippen LogP contribution is -2.09. The standard InChI is InChI=1S/C32H26F3N3O2/c33-32(34,35)28-8-4-7-27-29(28)37-38(20-22-5-2-1-3-6-22)30(27)23-13-15-25(16-14-23)36-19-21-9-17-26(18-10-21)40-31(39)24-11-12-24/h1-10,13-18,24,36H,11-12,19-20H2. The number of hydrogen-bond acceptors (Lipinski definition) is 4. The molecule has 0 amide bonds. The Bertz CT molecular complexity index is 1640. The average Bonchev–Trinajstić information content (AvgIpc) is 3.74. The van der Waals surface area contributed by atoms with E-state index >= 15 is 0 Å². The molecule has 1 aliphatic rings. The first-order valence-corrected chi connectivity index (χ1v) is 13.1. The number of anilines is 1. The summed E-state index contributed by atoms with van der Waals surface area (Å²) in [6.45, 7) is 0.897. The van der Waals surface area contributed by atoms with Crippen molar-refractivity contribution in [3.63, 3.8) is 0 Å². The number of carbonyl (C=O) groups is 1. The first-order valence-electron chi connectivity index (χ1n) is 13.1. The van der Waals surface area contributed by atoms with Crippen LogP contribution in [-0.2, 0) is 24.1 Å². The maximum atomic E-state index is 13.8. The Hall–Kier alpha value is -4.59. The number of esters is 1. The molecule has 8 heteroatoms. The highest BCUT2D eigenvalue weighted by Crippen LogP contribution is 2.38. The average molecular weight is 542 g/mol. The third-order valence-corrected chi connectivity index (χ3v) is 6.96. The molecule has 4 aromatic carbocycles. The molecule has 0 aliphatic heterocycles. The highest BCUT2D eigenvalue weighted by Gasteiger charge is 2.34. The minimum atomic E-state index is -4.51. The van der Waals surface area contributed by atoms with Gasteiger partial charge in [0.25, 0.3) is 0 Å². The largest absolute Gasteiger partial charge is 0.426 e. The molecule has 40 heavy (non-hydrogen) atoms. The molecule has 0 radical (unpaired) electrons. The second kappa shape index (κ2) is 10.5. The molecule has 1 aliphatic carbocycles. The van der Waals surface area contributed by atoms with Gasteiger partial charge in [-0.1, -0.05) is 66.7 Å². The summed E-state index contributed by atoms with van der Waals surface area (Å²) in [6, 6.07) is 28.7. The minimum Gasteiger partial charge on any atom is -0.426 e. The molecule has 202 valence electrons. The van der Waals surface area contributed by atoms with Gasteiger partial charge in [0, 0.05) is 23.2 Å². The van der Waals surface area contributed by atoms with Gasteiger partial charge in [-0.15, -0.1) is 0 Å². The van der Waals surface area contributed by atoms with Gasteiger partial charge < -0.3 is 10.1 Å². The van der Waals surface area contributed by atoms with Crippen molar-refractivity contribution in [2.75, 3.05) is 5.32 Å². The van der Waals surface area contributed by atoms with Crippen LogP contribution in [0.15, 0.2) is 97.1 Å². The fourth-order valence-corrected chi connectivity index (χ4v) is 4.70. The Labute approximate surface area is 229 Å². The molecule has 0 spiro atoms. The van der Waals surface area contributed by atoms with E-state index in [1.807, 2.05) is 66.7 Å². The van der Waals surface area contributed by atoms with E-state index in [-0.39, 0.29) is 17.4 Å². The summed E-state index contributed by atoms with van der Waals surface area (Å²) in [5.74, 6) is 0.419. The summed E-state index contributed by atoms with van der Waals surface area (Å²) in [6.07, 6.45) is -2.70. The number of halogens is 3. The number of fused-ring (bicyclic) bond motifs is 1. The van der Waals surface area contributed by atoms with Crippen molar-refractivity contribution in [2.24, 2.45) is 5.92 Å². The highest BCUT2D eigenvalue weighted by molar-refractivity contribution is 5.95. The Balaban J connectivity index is 1.23. The molecule has 6 rings (SSSR count). The lowest BCUT2D eigenvalue weighted by molar-refractivity contribution is -0.137. The quantitative estimate of drug-likeness (QED) is 0.162. The zero-order valence-corrected chi connectivity index (χ0v) is 21.5. The number of nitrogens with zero attached hydrogens (tertiary/aromatic N) is 2. The van der Waals surface area contributed by atoms with Crippen molar-refractivity contribution in [2.45, 2.75) is 32.1 Å². The SMILES string of the molecule is O=C(Oc1ccc(CNc2ccc(-c3c4cccc(C(F)(F)F)c4nn3Cc3ccccc3)cc2)cc1)C1CC1. The van der Waals surface area contributed by atoms with Crippen LogP contribution < -0.4 is 10.1 Å². The summed E-state index contributed by atoms with van der Waals surface area (Å²) < 4.78 is 48.4. The molecule has 1 aromatic heterocycles. The van der Waals surface area contributed by atoms with E-state index in [4.69, 9.17) is 4.74 Å². The fraction of sp³-hybridized carbons (Fsp3) is 0.188. The van der Waals surface area contributed by atoms with Crippen LogP contribution in [0, 0.1) is 5.92 Å². The molecule has 0 atom stereocenters. The van der Waals surface area contributed by atoms with Gasteiger partial charge in [-0.05, 0) is 54.3 Å². The molecular formula is C32H26F3N3O2. The van der Waals surface area contributed by atoms with Crippen LogP contribution in [0.3, 0.4) is 0 Å². The topological polar surface area (TPSA) is 56.1 Å². The lowest BCUT2D eigenvalue weighted by Gasteiger charge is -2.11. The molecule has 5 aromatic rings. The molecule has 1 heterocycles. The van der Waals surface area contributed by atoms with Crippen molar-refractivity contribution in [3.05, 3.63) is 114 Å². The summed E-state index contributed by atoms with van der Waals surface area (Å²) in [5.41, 5.74) is 3.41. The van der Waals surface area contributed by atoms with Crippen molar-refractivity contribution >= 4 is 22.6 Å². The van der Waals surface area contributed by atoms with Crippen LogP contribution in [0.1, 0.15) is 29.5 Å². The van der Waals surface area contributed by atoms with Gasteiger partial charge in [-0.2, -0.15) is 18.3 Å². The Morgan fingerprint density at radius 3 is 2.27 bits per heavy atom. The molecule has 1 N–H and O–H groups in total. The van der Waals surface area contributed by atoms with E-state index in [2.05, 4.69) is 10.4 Å². The molecule has 0 bridgehead atoms. The third kappa shape index (κ3) is 5.57. The zero-order chi connectivity index (χ0) is 27.7. The number of aromatic nitrogens is 2. The van der Waals surface area contributed by atoms with Crippen LogP contribution in [0.4, 0.5) is 18.9 Å². The van der Waals surface area contributed by atoms with Gasteiger partial charge in [0.2, 0.25) is 0 Å². The fourth-order valence-electron chi connectivity index (χ4n) is 4.70. The van der Waals surface area contributed by atoms with E-state index in [1.54, 1.807) is 22.9 Å². The van der Waals surface area contributed by atoms with Crippen LogP contribution in [0.2, 0.25) is 0 Å². The molecule has 0 unspecified atom stereocenters. The van der Waals surface area contributed by atoms with Crippen molar-refractivity contribution in [1.29, 1.82) is 0 Å². The maximum absolute atomic E-state index is 13.8. The molecule has 5 nitrogen and oxygen atoms in total. The van der Waals surface area contributed by atoms with Crippen molar-refractivity contribution < 1.29 is 22.7 Å². The number of nitrogens with one attached hydrogen (secondary N) is 1. The van der Waals surface area contributed by atoms with E-state index in [1.165, 1.54) is 6.07 Å². The summed E-state index contributed by atoms with van der Waals surface area (Å²) in [7, 11) is 0. The number of hydrogen-bond donors (Lipinski definition) is 1. The van der Waals surface area contributed by atoms with Gasteiger partial charge in [0.1, 0.15) is 11.3 Å². The maximum Gasteiger partial charge on any atom is 0.418 e. The lowest BCUT2D eigenvalue weighted by atomic mass is 10.0. The van der Waals surface area contributed by atoms with Crippen LogP contribution in [-0.4, -0.2) is 15.7 Å². The van der Waals surface area contributed by atoms with E-state index < -0.39 is 11.7 Å². The second-order valence-electron chi connectivity index (χ2n) is 9.96. The normalized spacial score (nSPS) is 13.4. The number of rotatable bonds is 8. The van der Waals surface area contributed by atoms with Crippen molar-refractivity contribution in [3.8, 4) is 17.0 Å². The summed E-state index contributed by atoms with van der Waals surface area (Å²) >= 11 is 0. The van der Waals surface area contributed by atoms with Gasteiger partial charge >= 0.3 is 12.1 Å². The van der Waals surface area contributed by atoms with E-state index in [0.717, 1.165) is 41.3 Å². The monoisotopic (exact) mass is 541 g/mol. The van der Waals surface area contributed by atoms with E-state index in [9.17, 15) is 18.0 Å².